The molecule has 67 heavy (non-hydrogen) atoms. The average molecular weight is 936 g/mol. The lowest BCUT2D eigenvalue weighted by Gasteiger charge is -2.18. The van der Waals surface area contributed by atoms with E-state index in [1.807, 2.05) is 0 Å². The number of rotatable bonds is 51. The van der Waals surface area contributed by atoms with Gasteiger partial charge >= 0.3 is 17.9 Å². The molecule has 0 rings (SSSR count). The maximum Gasteiger partial charge on any atom is 0.306 e. The topological polar surface area (TPSA) is 78.9 Å². The Bertz CT molecular complexity index is 1260. The average Bonchev–Trinajstić information content (AvgIpc) is 3.33. The van der Waals surface area contributed by atoms with Crippen LogP contribution in [-0.2, 0) is 28.6 Å². The van der Waals surface area contributed by atoms with Gasteiger partial charge in [-0.25, -0.2) is 0 Å². The lowest BCUT2D eigenvalue weighted by molar-refractivity contribution is -0.167. The molecule has 1 atom stereocenters. The highest BCUT2D eigenvalue weighted by Crippen LogP contribution is 2.15. The largest absolute Gasteiger partial charge is 0.462 e. The number of carbonyl (C=O) groups excluding carboxylic acids is 3. The Balaban J connectivity index is 4.08. The van der Waals surface area contributed by atoms with Crippen LogP contribution in [0.15, 0.2) is 72.9 Å². The van der Waals surface area contributed by atoms with Crippen molar-refractivity contribution < 1.29 is 28.6 Å². The molecule has 0 aliphatic carbocycles. The van der Waals surface area contributed by atoms with Gasteiger partial charge < -0.3 is 14.2 Å². The predicted octanol–water partition coefficient (Wildman–Crippen LogP) is 19.0. The van der Waals surface area contributed by atoms with Crippen LogP contribution in [0.2, 0.25) is 0 Å². The summed E-state index contributed by atoms with van der Waals surface area (Å²) >= 11 is 0. The van der Waals surface area contributed by atoms with Crippen molar-refractivity contribution in [3.8, 4) is 0 Å². The van der Waals surface area contributed by atoms with Gasteiger partial charge in [0.25, 0.3) is 0 Å². The molecule has 0 aromatic heterocycles. The van der Waals surface area contributed by atoms with E-state index in [1.165, 1.54) is 141 Å². The monoisotopic (exact) mass is 935 g/mol. The summed E-state index contributed by atoms with van der Waals surface area (Å²) < 4.78 is 16.7. The molecule has 0 saturated carbocycles. The smallest absolute Gasteiger partial charge is 0.306 e. The fourth-order valence-corrected chi connectivity index (χ4v) is 7.93. The zero-order chi connectivity index (χ0) is 48.6. The molecular weight excluding hydrogens is 829 g/mol. The van der Waals surface area contributed by atoms with E-state index in [4.69, 9.17) is 14.2 Å². The van der Waals surface area contributed by atoms with Gasteiger partial charge in [0.15, 0.2) is 6.10 Å². The Morgan fingerprint density at radius 1 is 0.313 bits per heavy atom. The summed E-state index contributed by atoms with van der Waals surface area (Å²) in [5.41, 5.74) is 0. The van der Waals surface area contributed by atoms with Gasteiger partial charge in [-0.05, 0) is 89.9 Å². The van der Waals surface area contributed by atoms with Crippen LogP contribution in [0.1, 0.15) is 278 Å². The van der Waals surface area contributed by atoms with Gasteiger partial charge in [0.2, 0.25) is 0 Å². The van der Waals surface area contributed by atoms with E-state index in [9.17, 15) is 14.4 Å². The molecule has 6 nitrogen and oxygen atoms in total. The Morgan fingerprint density at radius 2 is 0.582 bits per heavy atom. The molecule has 0 aromatic rings. The van der Waals surface area contributed by atoms with Gasteiger partial charge in [0.1, 0.15) is 13.2 Å². The van der Waals surface area contributed by atoms with Crippen LogP contribution in [0.3, 0.4) is 0 Å². The summed E-state index contributed by atoms with van der Waals surface area (Å²) in [5.74, 6) is -0.919. The second kappa shape index (κ2) is 55.4. The van der Waals surface area contributed by atoms with Gasteiger partial charge in [-0.2, -0.15) is 0 Å². The van der Waals surface area contributed by atoms with Crippen molar-refractivity contribution in [1.82, 2.24) is 0 Å². The summed E-state index contributed by atoms with van der Waals surface area (Å²) in [4.78, 5) is 37.8. The van der Waals surface area contributed by atoms with Gasteiger partial charge in [-0.15, -0.1) is 0 Å². The molecule has 0 aliphatic heterocycles. The molecule has 0 aliphatic rings. The molecule has 0 saturated heterocycles. The minimum absolute atomic E-state index is 0.0860. The van der Waals surface area contributed by atoms with Crippen molar-refractivity contribution >= 4 is 17.9 Å². The highest BCUT2D eigenvalue weighted by atomic mass is 16.6. The molecule has 0 spiro atoms. The van der Waals surface area contributed by atoms with Crippen LogP contribution in [0.25, 0.3) is 0 Å². The van der Waals surface area contributed by atoms with E-state index < -0.39 is 6.10 Å². The molecule has 0 fully saturated rings. The normalized spacial score (nSPS) is 12.6. The SMILES string of the molecule is CC/C=C\C/C=C\C/C=C\CCCCCC(=O)OC(COC(=O)CCCCCCCCC)COC(=O)CCCCCCCCCCCCCCCC/C=C\C/C=C\C/C=C\CCCCCCC. The first-order valence-corrected chi connectivity index (χ1v) is 28.4. The summed E-state index contributed by atoms with van der Waals surface area (Å²) in [7, 11) is 0. The third kappa shape index (κ3) is 53.7. The van der Waals surface area contributed by atoms with Crippen LogP contribution in [0.4, 0.5) is 0 Å². The molecule has 0 bridgehead atoms. The van der Waals surface area contributed by atoms with Crippen LogP contribution >= 0.6 is 0 Å². The van der Waals surface area contributed by atoms with E-state index in [-0.39, 0.29) is 31.1 Å². The fraction of sp³-hybridized carbons (Fsp3) is 0.754. The van der Waals surface area contributed by atoms with E-state index in [0.717, 1.165) is 96.3 Å². The third-order valence-electron chi connectivity index (χ3n) is 12.2. The maximum atomic E-state index is 12.7. The van der Waals surface area contributed by atoms with Gasteiger partial charge in [0.05, 0.1) is 0 Å². The Morgan fingerprint density at radius 3 is 0.925 bits per heavy atom. The number of unbranched alkanes of at least 4 members (excludes halogenated alkanes) is 28. The molecule has 0 aromatic carbocycles. The van der Waals surface area contributed by atoms with E-state index in [0.29, 0.717) is 19.3 Å². The zero-order valence-corrected chi connectivity index (χ0v) is 44.2. The van der Waals surface area contributed by atoms with Gasteiger partial charge in [-0.1, -0.05) is 241 Å². The molecule has 0 N–H and O–H groups in total. The van der Waals surface area contributed by atoms with Crippen molar-refractivity contribution in [3.63, 3.8) is 0 Å². The van der Waals surface area contributed by atoms with Crippen molar-refractivity contribution in [1.29, 1.82) is 0 Å². The molecule has 6 heteroatoms. The minimum atomic E-state index is -0.786. The van der Waals surface area contributed by atoms with E-state index >= 15 is 0 Å². The van der Waals surface area contributed by atoms with Crippen molar-refractivity contribution in [2.45, 2.75) is 284 Å². The molecule has 1 unspecified atom stereocenters. The number of hydrogen-bond acceptors (Lipinski definition) is 6. The standard InChI is InChI=1S/C61H106O6/c1-4-7-10-13-16-18-20-22-23-24-25-26-27-28-29-30-31-32-33-34-35-36-37-39-40-42-45-48-51-54-60(63)66-57-58(56-65-59(62)53-50-47-44-15-12-9-6-3)67-61(64)55-52-49-46-43-41-38-21-19-17-14-11-8-5-2/h8,11,17,19-20,22,24-25,27-28,38,41,58H,4-7,9-10,12-16,18,21,23,26,29-37,39-40,42-57H2,1-3H3/b11-8-,19-17-,22-20-,25-24-,28-27-,41-38-. The molecule has 0 radical (unpaired) electrons. The highest BCUT2D eigenvalue weighted by molar-refractivity contribution is 5.71. The lowest BCUT2D eigenvalue weighted by Crippen LogP contribution is -2.30. The predicted molar refractivity (Wildman–Crippen MR) is 288 cm³/mol. The number of allylic oxidation sites excluding steroid dienone is 12. The van der Waals surface area contributed by atoms with Gasteiger partial charge in [0, 0.05) is 19.3 Å². The number of ether oxygens (including phenoxy) is 3. The van der Waals surface area contributed by atoms with Crippen LogP contribution < -0.4 is 0 Å². The third-order valence-corrected chi connectivity index (χ3v) is 12.2. The summed E-state index contributed by atoms with van der Waals surface area (Å²) in [5, 5.41) is 0. The second-order valence-electron chi connectivity index (χ2n) is 18.8. The quantitative estimate of drug-likeness (QED) is 0.0262. The van der Waals surface area contributed by atoms with Crippen LogP contribution in [-0.4, -0.2) is 37.2 Å². The van der Waals surface area contributed by atoms with Crippen molar-refractivity contribution in [3.05, 3.63) is 72.9 Å². The first-order valence-electron chi connectivity index (χ1n) is 28.4. The van der Waals surface area contributed by atoms with Gasteiger partial charge in [-0.3, -0.25) is 14.4 Å². The molecule has 386 valence electrons. The molecule has 0 heterocycles. The summed E-state index contributed by atoms with van der Waals surface area (Å²) in [6.45, 7) is 6.45. The fourth-order valence-electron chi connectivity index (χ4n) is 7.93. The Kier molecular flexibility index (Phi) is 52.8. The minimum Gasteiger partial charge on any atom is -0.462 e. The summed E-state index contributed by atoms with van der Waals surface area (Å²) in [6.07, 6.45) is 70.8. The van der Waals surface area contributed by atoms with Crippen molar-refractivity contribution in [2.24, 2.45) is 0 Å². The molecular formula is C61H106O6. The number of esters is 3. The number of carbonyl (C=O) groups is 3. The first-order chi connectivity index (χ1) is 33.0. The number of hydrogen-bond donors (Lipinski definition) is 0. The van der Waals surface area contributed by atoms with E-state index in [2.05, 4.69) is 93.7 Å². The summed E-state index contributed by atoms with van der Waals surface area (Å²) in [6, 6.07) is 0. The van der Waals surface area contributed by atoms with Crippen molar-refractivity contribution in [2.75, 3.05) is 13.2 Å². The lowest BCUT2D eigenvalue weighted by atomic mass is 10.0. The zero-order valence-electron chi connectivity index (χ0n) is 44.2. The maximum absolute atomic E-state index is 12.7. The second-order valence-corrected chi connectivity index (χ2v) is 18.8. The Labute approximate surface area is 414 Å². The Hall–Kier alpha value is -3.15. The van der Waals surface area contributed by atoms with E-state index in [1.54, 1.807) is 0 Å². The van der Waals surface area contributed by atoms with Crippen LogP contribution in [0.5, 0.6) is 0 Å². The first kappa shape index (κ1) is 63.8. The highest BCUT2D eigenvalue weighted by Gasteiger charge is 2.19. The van der Waals surface area contributed by atoms with Crippen LogP contribution in [0, 0.1) is 0 Å². The molecule has 0 amide bonds.